The number of imidazole rings is 1. The van der Waals surface area contributed by atoms with Gasteiger partial charge in [0.25, 0.3) is 5.79 Å². The zero-order valence-corrected chi connectivity index (χ0v) is 25.4. The molecule has 1 saturated carbocycles. The second kappa shape index (κ2) is 10.3. The molecule has 0 bridgehead atoms. The summed E-state index contributed by atoms with van der Waals surface area (Å²) >= 11 is 6.07. The number of aromatic carboxylic acids is 1. The van der Waals surface area contributed by atoms with Crippen molar-refractivity contribution in [1.29, 1.82) is 5.26 Å². The van der Waals surface area contributed by atoms with Gasteiger partial charge in [-0.25, -0.2) is 9.78 Å². The van der Waals surface area contributed by atoms with Crippen LogP contribution >= 0.6 is 11.6 Å². The van der Waals surface area contributed by atoms with Gasteiger partial charge in [-0.1, -0.05) is 17.7 Å². The summed E-state index contributed by atoms with van der Waals surface area (Å²) < 4.78 is 21.0. The number of anilines is 1. The molecule has 1 N–H and O–H groups in total. The number of carbonyl (C=O) groups is 1. The fraction of sp³-hybridized carbons (Fsp3) is 0.394. The Bertz CT molecular complexity index is 1870. The van der Waals surface area contributed by atoms with Crippen LogP contribution in [-0.2, 0) is 23.6 Å². The van der Waals surface area contributed by atoms with E-state index < -0.39 is 17.2 Å². The maximum atomic E-state index is 11.8. The van der Waals surface area contributed by atoms with E-state index in [0.717, 1.165) is 48.5 Å². The van der Waals surface area contributed by atoms with E-state index >= 15 is 0 Å². The molecule has 1 aliphatic carbocycles. The molecule has 11 nitrogen and oxygen atoms in total. The smallest absolute Gasteiger partial charge is 0.335 e. The Morgan fingerprint density at radius 1 is 1.13 bits per heavy atom. The summed E-state index contributed by atoms with van der Waals surface area (Å²) in [7, 11) is 0. The molecule has 3 atom stereocenters. The van der Waals surface area contributed by atoms with Gasteiger partial charge < -0.3 is 28.8 Å². The lowest BCUT2D eigenvalue weighted by Gasteiger charge is -2.44. The number of hydrogen-bond donors (Lipinski definition) is 1. The Morgan fingerprint density at radius 2 is 1.98 bits per heavy atom. The topological polar surface area (TPSA) is 126 Å². The molecule has 0 spiro atoms. The summed E-state index contributed by atoms with van der Waals surface area (Å²) in [6.07, 6.45) is 3.25. The van der Waals surface area contributed by atoms with Gasteiger partial charge in [0.2, 0.25) is 0 Å². The van der Waals surface area contributed by atoms with Crippen molar-refractivity contribution >= 4 is 34.3 Å². The molecule has 45 heavy (non-hydrogen) atoms. The van der Waals surface area contributed by atoms with Gasteiger partial charge in [-0.2, -0.15) is 5.26 Å². The minimum absolute atomic E-state index is 0.0692. The zero-order chi connectivity index (χ0) is 30.9. The quantitative estimate of drug-likeness (QED) is 0.305. The number of piperazine rings is 1. The normalized spacial score (nSPS) is 24.9. The third-order valence-electron chi connectivity index (χ3n) is 9.55. The van der Waals surface area contributed by atoms with E-state index in [1.54, 1.807) is 30.5 Å². The van der Waals surface area contributed by atoms with E-state index in [9.17, 15) is 15.2 Å². The molecule has 4 aliphatic rings. The summed E-state index contributed by atoms with van der Waals surface area (Å²) in [6.45, 7) is 5.53. The number of nitrogens with zero attached hydrogens (tertiary/aromatic N) is 6. The summed E-state index contributed by atoms with van der Waals surface area (Å²) in [5.41, 5.74) is 2.84. The molecule has 4 aromatic rings. The van der Waals surface area contributed by atoms with Gasteiger partial charge >= 0.3 is 5.97 Å². The van der Waals surface area contributed by atoms with Crippen LogP contribution < -0.4 is 14.4 Å². The maximum Gasteiger partial charge on any atom is 0.335 e. The number of halogens is 1. The average Bonchev–Trinajstić information content (AvgIpc) is 3.32. The van der Waals surface area contributed by atoms with Crippen LogP contribution in [0, 0.1) is 16.7 Å². The van der Waals surface area contributed by atoms with Crippen LogP contribution in [0.4, 0.5) is 5.69 Å². The third kappa shape index (κ3) is 4.76. The predicted molar refractivity (Wildman–Crippen MR) is 164 cm³/mol. The fourth-order valence-corrected chi connectivity index (χ4v) is 6.98. The summed E-state index contributed by atoms with van der Waals surface area (Å²) in [5, 5.41) is 20.1. The first-order valence-corrected chi connectivity index (χ1v) is 15.5. The molecule has 12 heteroatoms. The lowest BCUT2D eigenvalue weighted by Crippen LogP contribution is -2.59. The largest absolute Gasteiger partial charge is 0.478 e. The van der Waals surface area contributed by atoms with Gasteiger partial charge in [-0.15, -0.1) is 0 Å². The van der Waals surface area contributed by atoms with Crippen molar-refractivity contribution < 1.29 is 24.1 Å². The number of benzene rings is 2. The average molecular weight is 627 g/mol. The first kappa shape index (κ1) is 28.1. The Balaban J connectivity index is 1.08. The van der Waals surface area contributed by atoms with Gasteiger partial charge in [0.1, 0.15) is 11.5 Å². The van der Waals surface area contributed by atoms with Crippen LogP contribution in [0.2, 0.25) is 5.02 Å². The first-order chi connectivity index (χ1) is 21.8. The predicted octanol–water partition coefficient (Wildman–Crippen LogP) is 4.82. The van der Waals surface area contributed by atoms with Crippen LogP contribution in [0.3, 0.4) is 0 Å². The Labute approximate surface area is 264 Å². The lowest BCUT2D eigenvalue weighted by atomic mass is 10.0. The lowest BCUT2D eigenvalue weighted by molar-refractivity contribution is -0.0716. The number of rotatable bonds is 7. The summed E-state index contributed by atoms with van der Waals surface area (Å²) in [6, 6.07) is 17.2. The van der Waals surface area contributed by atoms with Gasteiger partial charge in [-0.05, 0) is 55.3 Å². The molecule has 0 unspecified atom stereocenters. The van der Waals surface area contributed by atoms with Crippen molar-refractivity contribution in [2.75, 3.05) is 31.2 Å². The SMILES string of the molecule is C[C@@]1(c2ccc(Cl)cn2)Oc2cccc(N3CCN(Cc4nc5ccc(C(=O)O)cc5n4CC4(C#N)CC4)[C@@H]4COC[C@@H]43)c2O1. The Kier molecular flexibility index (Phi) is 6.46. The zero-order valence-electron chi connectivity index (χ0n) is 24.6. The number of nitriles is 1. The second-order valence-corrected chi connectivity index (χ2v) is 12.9. The van der Waals surface area contributed by atoms with E-state index in [1.165, 1.54) is 0 Å². The van der Waals surface area contributed by atoms with Crippen LogP contribution in [0.15, 0.2) is 54.7 Å². The summed E-state index contributed by atoms with van der Waals surface area (Å²) in [4.78, 5) is 25.9. The minimum Gasteiger partial charge on any atom is -0.478 e. The van der Waals surface area contributed by atoms with Crippen molar-refractivity contribution in [2.24, 2.45) is 5.41 Å². The molecule has 2 saturated heterocycles. The van der Waals surface area contributed by atoms with Crippen LogP contribution in [0.25, 0.3) is 11.0 Å². The number of ether oxygens (including phenoxy) is 3. The van der Waals surface area contributed by atoms with Crippen molar-refractivity contribution in [3.8, 4) is 17.6 Å². The molecular weight excluding hydrogens is 596 g/mol. The van der Waals surface area contributed by atoms with Gasteiger partial charge in [0.15, 0.2) is 11.5 Å². The van der Waals surface area contributed by atoms with E-state index in [1.807, 2.05) is 25.1 Å². The Morgan fingerprint density at radius 3 is 2.73 bits per heavy atom. The highest BCUT2D eigenvalue weighted by atomic mass is 35.5. The number of carboxylic acid groups (broad SMARTS) is 1. The second-order valence-electron chi connectivity index (χ2n) is 12.5. The van der Waals surface area contributed by atoms with Crippen molar-refractivity contribution in [3.63, 3.8) is 0 Å². The molecule has 0 radical (unpaired) electrons. The van der Waals surface area contributed by atoms with E-state index in [-0.39, 0.29) is 17.6 Å². The molecule has 3 fully saturated rings. The molecule has 3 aliphatic heterocycles. The van der Waals surface area contributed by atoms with Crippen LogP contribution in [-0.4, -0.2) is 68.9 Å². The first-order valence-electron chi connectivity index (χ1n) is 15.1. The minimum atomic E-state index is -1.08. The number of fused-ring (bicyclic) bond motifs is 3. The number of pyridine rings is 1. The highest BCUT2D eigenvalue weighted by Gasteiger charge is 2.47. The van der Waals surface area contributed by atoms with Crippen molar-refractivity contribution in [3.05, 3.63) is 76.8 Å². The van der Waals surface area contributed by atoms with Crippen LogP contribution in [0.5, 0.6) is 11.5 Å². The fourth-order valence-electron chi connectivity index (χ4n) is 6.87. The molecule has 230 valence electrons. The number of carboxylic acids is 1. The van der Waals surface area contributed by atoms with Crippen molar-refractivity contribution in [2.45, 2.75) is 50.7 Å². The molecule has 0 amide bonds. The molecule has 8 rings (SSSR count). The highest BCUT2D eigenvalue weighted by molar-refractivity contribution is 6.30. The van der Waals surface area contributed by atoms with Gasteiger partial charge in [0.05, 0.1) is 70.6 Å². The maximum absolute atomic E-state index is 11.8. The standard InChI is InChI=1S/C33H31ClN6O5/c1-32(28-8-6-21(34)14-36-28)44-27-4-2-3-23(30(27)45-32)39-12-11-38(25-16-43-17-26(25)39)15-29-37-22-7-5-20(31(41)42)13-24(22)40(29)19-33(18-35)9-10-33/h2-8,13-14,25-26H,9-12,15-17,19H2,1H3,(H,41,42)/t25-,26+,32-/m1/s1. The third-order valence-corrected chi connectivity index (χ3v) is 9.77. The molecule has 5 heterocycles. The van der Waals surface area contributed by atoms with Crippen LogP contribution in [0.1, 0.15) is 41.6 Å². The monoisotopic (exact) mass is 626 g/mol. The molecule has 2 aromatic heterocycles. The van der Waals surface area contributed by atoms with Gasteiger partial charge in [0, 0.05) is 32.8 Å². The number of aromatic nitrogens is 3. The Hall–Kier alpha value is -4.37. The molecular formula is C33H31ClN6O5. The van der Waals surface area contributed by atoms with E-state index in [2.05, 4.69) is 31.5 Å². The number of hydrogen-bond acceptors (Lipinski definition) is 9. The highest BCUT2D eigenvalue weighted by Crippen LogP contribution is 2.50. The van der Waals surface area contributed by atoms with E-state index in [0.29, 0.717) is 48.5 Å². The summed E-state index contributed by atoms with van der Waals surface area (Å²) in [5.74, 6) is 0.0971. The van der Waals surface area contributed by atoms with Crippen molar-refractivity contribution in [1.82, 2.24) is 19.4 Å². The molecule has 2 aromatic carbocycles. The van der Waals surface area contributed by atoms with E-state index in [4.69, 9.17) is 30.8 Å². The number of para-hydroxylation sites is 1. The van der Waals surface area contributed by atoms with Gasteiger partial charge in [-0.3, -0.25) is 9.88 Å².